The minimum absolute atomic E-state index is 0.0291. The van der Waals surface area contributed by atoms with Crippen LogP contribution < -0.4 is 11.1 Å². The van der Waals surface area contributed by atoms with E-state index in [4.69, 9.17) is 22.7 Å². The average Bonchev–Trinajstić information content (AvgIpc) is 2.62. The van der Waals surface area contributed by atoms with E-state index in [1.165, 1.54) is 0 Å². The quantitative estimate of drug-likeness (QED) is 0.708. The van der Waals surface area contributed by atoms with Crippen LogP contribution in [-0.4, -0.2) is 29.6 Å². The van der Waals surface area contributed by atoms with Crippen LogP contribution in [0.3, 0.4) is 0 Å². The van der Waals surface area contributed by atoms with Crippen LogP contribution in [-0.2, 0) is 9.53 Å². The molecule has 5 heteroatoms. The first-order chi connectivity index (χ1) is 7.54. The number of hydrogen-bond donors (Lipinski definition) is 2. The van der Waals surface area contributed by atoms with E-state index in [2.05, 4.69) is 5.32 Å². The lowest BCUT2D eigenvalue weighted by Crippen LogP contribution is -2.44. The summed E-state index contributed by atoms with van der Waals surface area (Å²) in [7, 11) is 0. The second-order valence-electron chi connectivity index (χ2n) is 4.34. The van der Waals surface area contributed by atoms with Gasteiger partial charge in [-0.05, 0) is 18.8 Å². The molecule has 3 atom stereocenters. The van der Waals surface area contributed by atoms with E-state index in [0.717, 1.165) is 12.8 Å². The molecular formula is C11H20N2O2S. The van der Waals surface area contributed by atoms with Crippen LogP contribution in [0.1, 0.15) is 33.1 Å². The third-order valence-electron chi connectivity index (χ3n) is 2.93. The second kappa shape index (κ2) is 6.15. The first kappa shape index (κ1) is 13.4. The maximum atomic E-state index is 11.9. The van der Waals surface area contributed by atoms with E-state index in [0.29, 0.717) is 23.9 Å². The van der Waals surface area contributed by atoms with Gasteiger partial charge in [-0.3, -0.25) is 4.79 Å². The van der Waals surface area contributed by atoms with Crippen molar-refractivity contribution in [1.82, 2.24) is 5.32 Å². The lowest BCUT2D eigenvalue weighted by Gasteiger charge is -2.20. The number of nitrogens with one attached hydrogen (secondary N) is 1. The van der Waals surface area contributed by atoms with E-state index >= 15 is 0 Å². The molecule has 92 valence electrons. The van der Waals surface area contributed by atoms with Crippen molar-refractivity contribution in [2.24, 2.45) is 11.7 Å². The van der Waals surface area contributed by atoms with Crippen molar-refractivity contribution in [2.45, 2.75) is 45.3 Å². The molecule has 0 aromatic heterocycles. The monoisotopic (exact) mass is 244 g/mol. The molecule has 1 saturated heterocycles. The highest BCUT2D eigenvalue weighted by Gasteiger charge is 2.31. The third kappa shape index (κ3) is 3.72. The van der Waals surface area contributed by atoms with Crippen molar-refractivity contribution < 1.29 is 9.53 Å². The zero-order chi connectivity index (χ0) is 12.1. The van der Waals surface area contributed by atoms with Crippen LogP contribution >= 0.6 is 12.2 Å². The summed E-state index contributed by atoms with van der Waals surface area (Å²) >= 11 is 4.84. The fourth-order valence-corrected chi connectivity index (χ4v) is 2.06. The standard InChI is InChI=1S/C11H20N2O2S/c1-3-8(6-9(12)16)13-11(14)10-7(2)4-5-15-10/h7-8,10H,3-6H2,1-2H3,(H2,12,16)(H,13,14). The van der Waals surface area contributed by atoms with Gasteiger partial charge in [-0.25, -0.2) is 0 Å². The largest absolute Gasteiger partial charge is 0.393 e. The van der Waals surface area contributed by atoms with Gasteiger partial charge in [-0.15, -0.1) is 0 Å². The molecule has 1 amide bonds. The number of thiocarbonyl (C=S) groups is 1. The van der Waals surface area contributed by atoms with Gasteiger partial charge in [-0.1, -0.05) is 26.1 Å². The summed E-state index contributed by atoms with van der Waals surface area (Å²) in [6, 6.07) is 0.0291. The number of hydrogen-bond acceptors (Lipinski definition) is 3. The predicted octanol–water partition coefficient (Wildman–Crippen LogP) is 0.982. The van der Waals surface area contributed by atoms with Crippen molar-refractivity contribution in [3.8, 4) is 0 Å². The van der Waals surface area contributed by atoms with Gasteiger partial charge >= 0.3 is 0 Å². The Morgan fingerprint density at radius 3 is 2.81 bits per heavy atom. The van der Waals surface area contributed by atoms with Crippen LogP contribution in [0.2, 0.25) is 0 Å². The fourth-order valence-electron chi connectivity index (χ4n) is 1.85. The predicted molar refractivity (Wildman–Crippen MR) is 67.1 cm³/mol. The smallest absolute Gasteiger partial charge is 0.249 e. The van der Waals surface area contributed by atoms with Gasteiger partial charge in [0.25, 0.3) is 0 Å². The highest BCUT2D eigenvalue weighted by molar-refractivity contribution is 7.80. The van der Waals surface area contributed by atoms with Gasteiger partial charge in [0.2, 0.25) is 5.91 Å². The summed E-state index contributed by atoms with van der Waals surface area (Å²) in [6.07, 6.45) is 2.02. The number of ether oxygens (including phenoxy) is 1. The number of nitrogens with two attached hydrogens (primary N) is 1. The zero-order valence-electron chi connectivity index (χ0n) is 9.86. The van der Waals surface area contributed by atoms with Crippen LogP contribution in [0.5, 0.6) is 0 Å². The highest BCUT2D eigenvalue weighted by Crippen LogP contribution is 2.20. The molecule has 4 nitrogen and oxygen atoms in total. The topological polar surface area (TPSA) is 64.3 Å². The van der Waals surface area contributed by atoms with E-state index in [-0.39, 0.29) is 18.1 Å². The molecule has 3 unspecified atom stereocenters. The van der Waals surface area contributed by atoms with E-state index in [9.17, 15) is 4.79 Å². The third-order valence-corrected chi connectivity index (χ3v) is 3.10. The Hall–Kier alpha value is -0.680. The highest BCUT2D eigenvalue weighted by atomic mass is 32.1. The Morgan fingerprint density at radius 2 is 2.38 bits per heavy atom. The average molecular weight is 244 g/mol. The minimum atomic E-state index is -0.305. The van der Waals surface area contributed by atoms with E-state index in [1.807, 2.05) is 13.8 Å². The molecule has 0 aromatic rings. The van der Waals surface area contributed by atoms with E-state index < -0.39 is 0 Å². The molecule has 0 saturated carbocycles. The van der Waals surface area contributed by atoms with Crippen LogP contribution in [0.15, 0.2) is 0 Å². The number of rotatable bonds is 5. The Morgan fingerprint density at radius 1 is 1.69 bits per heavy atom. The lowest BCUT2D eigenvalue weighted by molar-refractivity contribution is -0.132. The molecule has 1 aliphatic rings. The first-order valence-electron chi connectivity index (χ1n) is 5.74. The molecule has 16 heavy (non-hydrogen) atoms. The lowest BCUT2D eigenvalue weighted by atomic mass is 10.0. The van der Waals surface area contributed by atoms with Crippen LogP contribution in [0, 0.1) is 5.92 Å². The zero-order valence-corrected chi connectivity index (χ0v) is 10.7. The van der Waals surface area contributed by atoms with Crippen LogP contribution in [0.4, 0.5) is 0 Å². The maximum Gasteiger partial charge on any atom is 0.249 e. The van der Waals surface area contributed by atoms with E-state index in [1.54, 1.807) is 0 Å². The number of carbonyl (C=O) groups excluding carboxylic acids is 1. The first-order valence-corrected chi connectivity index (χ1v) is 6.15. The molecule has 0 spiro atoms. The summed E-state index contributed by atoms with van der Waals surface area (Å²) in [6.45, 7) is 4.71. The number of carbonyl (C=O) groups is 1. The van der Waals surface area contributed by atoms with Crippen LogP contribution in [0.25, 0.3) is 0 Å². The molecule has 0 aliphatic carbocycles. The van der Waals surface area contributed by atoms with Gasteiger partial charge < -0.3 is 15.8 Å². The molecule has 1 aliphatic heterocycles. The Kier molecular flexibility index (Phi) is 5.15. The summed E-state index contributed by atoms with van der Waals surface area (Å²) in [5.74, 6) is 0.260. The summed E-state index contributed by atoms with van der Waals surface area (Å²) in [5.41, 5.74) is 5.47. The molecule has 1 rings (SSSR count). The van der Waals surface area contributed by atoms with Crippen molar-refractivity contribution in [1.29, 1.82) is 0 Å². The normalized spacial score (nSPS) is 26.4. The van der Waals surface area contributed by atoms with Crippen molar-refractivity contribution >= 4 is 23.1 Å². The molecule has 0 radical (unpaired) electrons. The van der Waals surface area contributed by atoms with Gasteiger partial charge in [0.15, 0.2) is 0 Å². The molecule has 1 heterocycles. The Bertz CT molecular complexity index is 271. The van der Waals surface area contributed by atoms with Crippen molar-refractivity contribution in [3.63, 3.8) is 0 Å². The molecule has 0 aromatic carbocycles. The summed E-state index contributed by atoms with van der Waals surface area (Å²) in [5, 5.41) is 2.94. The minimum Gasteiger partial charge on any atom is -0.393 e. The molecule has 0 bridgehead atoms. The Balaban J connectivity index is 2.45. The second-order valence-corrected chi connectivity index (χ2v) is 4.87. The van der Waals surface area contributed by atoms with Gasteiger partial charge in [0.05, 0.1) is 4.99 Å². The Labute approximate surface area is 102 Å². The fraction of sp³-hybridized carbons (Fsp3) is 0.818. The summed E-state index contributed by atoms with van der Waals surface area (Å²) < 4.78 is 5.40. The van der Waals surface area contributed by atoms with Gasteiger partial charge in [-0.2, -0.15) is 0 Å². The van der Waals surface area contributed by atoms with Crippen molar-refractivity contribution in [3.05, 3.63) is 0 Å². The number of amides is 1. The van der Waals surface area contributed by atoms with Crippen molar-refractivity contribution in [2.75, 3.05) is 6.61 Å². The molecule has 3 N–H and O–H groups in total. The molecule has 1 fully saturated rings. The summed E-state index contributed by atoms with van der Waals surface area (Å²) in [4.78, 5) is 12.3. The SMILES string of the molecule is CCC(CC(N)=S)NC(=O)C1OCCC1C. The molecular weight excluding hydrogens is 224 g/mol. The van der Waals surface area contributed by atoms with Gasteiger partial charge in [0.1, 0.15) is 6.10 Å². The maximum absolute atomic E-state index is 11.9. The van der Waals surface area contributed by atoms with Gasteiger partial charge in [0, 0.05) is 19.1 Å².